The van der Waals surface area contributed by atoms with Crippen molar-refractivity contribution in [2.45, 2.75) is 25.8 Å². The maximum absolute atomic E-state index is 12.3. The zero-order valence-corrected chi connectivity index (χ0v) is 11.9. The van der Waals surface area contributed by atoms with E-state index in [9.17, 15) is 4.79 Å². The molecule has 1 atom stereocenters. The van der Waals surface area contributed by atoms with Crippen LogP contribution in [0.2, 0.25) is 0 Å². The van der Waals surface area contributed by atoms with Crippen molar-refractivity contribution >= 4 is 5.91 Å². The van der Waals surface area contributed by atoms with Gasteiger partial charge in [0.15, 0.2) is 0 Å². The summed E-state index contributed by atoms with van der Waals surface area (Å²) in [6.45, 7) is 0.490. The first kappa shape index (κ1) is 13.6. The minimum atomic E-state index is 0.0154. The van der Waals surface area contributed by atoms with E-state index in [0.717, 1.165) is 36.2 Å². The van der Waals surface area contributed by atoms with Gasteiger partial charge in [-0.05, 0) is 24.5 Å². The number of ether oxygens (including phenoxy) is 1. The van der Waals surface area contributed by atoms with E-state index in [0.29, 0.717) is 12.4 Å². The highest BCUT2D eigenvalue weighted by molar-refractivity contribution is 5.79. The molecular formula is C15H18N4O2. The van der Waals surface area contributed by atoms with E-state index in [4.69, 9.17) is 4.74 Å². The second-order valence-corrected chi connectivity index (χ2v) is 5.19. The molecule has 2 aromatic heterocycles. The SMILES string of the molecule is COc1cc(CNC(=O)[C@@H]2CCc3nc[nH]c3C2)ccn1. The Bertz CT molecular complexity index is 638. The lowest BCUT2D eigenvalue weighted by molar-refractivity contribution is -0.125. The number of methoxy groups -OCH3 is 1. The van der Waals surface area contributed by atoms with Crippen molar-refractivity contribution in [1.29, 1.82) is 0 Å². The fourth-order valence-corrected chi connectivity index (χ4v) is 2.63. The molecule has 0 fully saturated rings. The Morgan fingerprint density at radius 3 is 3.29 bits per heavy atom. The van der Waals surface area contributed by atoms with Crippen molar-refractivity contribution < 1.29 is 9.53 Å². The highest BCUT2D eigenvalue weighted by Gasteiger charge is 2.25. The van der Waals surface area contributed by atoms with Gasteiger partial charge in [-0.15, -0.1) is 0 Å². The first-order valence-corrected chi connectivity index (χ1v) is 7.04. The van der Waals surface area contributed by atoms with Crippen LogP contribution in [0.5, 0.6) is 5.88 Å². The van der Waals surface area contributed by atoms with Crippen LogP contribution in [0.15, 0.2) is 24.7 Å². The molecule has 0 aliphatic heterocycles. The van der Waals surface area contributed by atoms with Crippen molar-refractivity contribution in [3.63, 3.8) is 0 Å². The number of nitrogens with zero attached hydrogens (tertiary/aromatic N) is 2. The number of aromatic amines is 1. The largest absolute Gasteiger partial charge is 0.481 e. The molecule has 1 amide bonds. The summed E-state index contributed by atoms with van der Waals surface area (Å²) in [5.41, 5.74) is 3.16. The fraction of sp³-hybridized carbons (Fsp3) is 0.400. The van der Waals surface area contributed by atoms with E-state index in [-0.39, 0.29) is 11.8 Å². The van der Waals surface area contributed by atoms with Gasteiger partial charge in [-0.25, -0.2) is 9.97 Å². The Balaban J connectivity index is 1.57. The molecule has 0 saturated heterocycles. The molecule has 110 valence electrons. The summed E-state index contributed by atoms with van der Waals surface area (Å²) in [6.07, 6.45) is 5.83. The molecule has 6 heteroatoms. The number of amides is 1. The van der Waals surface area contributed by atoms with Crippen LogP contribution in [0.1, 0.15) is 23.4 Å². The number of H-pyrrole nitrogens is 1. The zero-order chi connectivity index (χ0) is 14.7. The Labute approximate surface area is 123 Å². The Hall–Kier alpha value is -2.37. The number of carbonyl (C=O) groups is 1. The first-order chi connectivity index (χ1) is 10.3. The number of pyridine rings is 1. The molecule has 0 unspecified atom stereocenters. The van der Waals surface area contributed by atoms with E-state index in [1.807, 2.05) is 12.1 Å². The van der Waals surface area contributed by atoms with E-state index in [1.165, 1.54) is 0 Å². The summed E-state index contributed by atoms with van der Waals surface area (Å²) in [5.74, 6) is 0.661. The lowest BCUT2D eigenvalue weighted by atomic mass is 9.89. The van der Waals surface area contributed by atoms with Gasteiger partial charge in [0.25, 0.3) is 0 Å². The molecule has 0 saturated carbocycles. The van der Waals surface area contributed by atoms with Gasteiger partial charge in [-0.3, -0.25) is 4.79 Å². The Morgan fingerprint density at radius 2 is 2.43 bits per heavy atom. The van der Waals surface area contributed by atoms with Crippen LogP contribution in [0.4, 0.5) is 0 Å². The van der Waals surface area contributed by atoms with E-state index in [1.54, 1.807) is 19.6 Å². The molecule has 2 aromatic rings. The smallest absolute Gasteiger partial charge is 0.223 e. The second kappa shape index (κ2) is 5.95. The van der Waals surface area contributed by atoms with Crippen molar-refractivity contribution in [3.05, 3.63) is 41.6 Å². The molecule has 0 bridgehead atoms. The van der Waals surface area contributed by atoms with Gasteiger partial charge in [-0.2, -0.15) is 0 Å². The van der Waals surface area contributed by atoms with Gasteiger partial charge in [0.1, 0.15) is 0 Å². The van der Waals surface area contributed by atoms with Gasteiger partial charge >= 0.3 is 0 Å². The Kier molecular flexibility index (Phi) is 3.85. The minimum Gasteiger partial charge on any atom is -0.481 e. The third-order valence-corrected chi connectivity index (χ3v) is 3.83. The van der Waals surface area contributed by atoms with Crippen LogP contribution < -0.4 is 10.1 Å². The van der Waals surface area contributed by atoms with Gasteiger partial charge in [0.05, 0.1) is 19.1 Å². The molecule has 1 aliphatic carbocycles. The highest BCUT2D eigenvalue weighted by Crippen LogP contribution is 2.23. The van der Waals surface area contributed by atoms with E-state index < -0.39 is 0 Å². The quantitative estimate of drug-likeness (QED) is 0.886. The number of aryl methyl sites for hydroxylation is 1. The topological polar surface area (TPSA) is 79.9 Å². The standard InChI is InChI=1S/C15H18N4O2/c1-21-14-6-10(4-5-16-14)8-17-15(20)11-2-3-12-13(7-11)19-9-18-12/h4-6,9,11H,2-3,7-8H2,1H3,(H,17,20)(H,18,19)/t11-/m1/s1. The second-order valence-electron chi connectivity index (χ2n) is 5.19. The zero-order valence-electron chi connectivity index (χ0n) is 11.9. The number of nitrogens with one attached hydrogen (secondary N) is 2. The predicted octanol–water partition coefficient (Wildman–Crippen LogP) is 1.23. The lowest BCUT2D eigenvalue weighted by Crippen LogP contribution is -2.33. The first-order valence-electron chi connectivity index (χ1n) is 7.04. The van der Waals surface area contributed by atoms with Gasteiger partial charge in [-0.1, -0.05) is 0 Å². The number of carbonyl (C=O) groups excluding carboxylic acids is 1. The third kappa shape index (κ3) is 3.04. The van der Waals surface area contributed by atoms with Crippen LogP contribution >= 0.6 is 0 Å². The monoisotopic (exact) mass is 286 g/mol. The normalized spacial score (nSPS) is 17.1. The van der Waals surface area contributed by atoms with E-state index in [2.05, 4.69) is 20.3 Å². The molecule has 6 nitrogen and oxygen atoms in total. The molecule has 0 radical (unpaired) electrons. The minimum absolute atomic E-state index is 0.0154. The molecule has 1 aliphatic rings. The van der Waals surface area contributed by atoms with Crippen LogP contribution in [0.25, 0.3) is 0 Å². The summed E-state index contributed by atoms with van der Waals surface area (Å²) in [6, 6.07) is 3.70. The molecule has 0 spiro atoms. The molecule has 3 rings (SSSR count). The summed E-state index contributed by atoms with van der Waals surface area (Å²) in [7, 11) is 1.58. The maximum atomic E-state index is 12.3. The van der Waals surface area contributed by atoms with Crippen molar-refractivity contribution in [2.24, 2.45) is 5.92 Å². The van der Waals surface area contributed by atoms with Gasteiger partial charge < -0.3 is 15.0 Å². The predicted molar refractivity (Wildman–Crippen MR) is 76.7 cm³/mol. The number of hydrogen-bond donors (Lipinski definition) is 2. The molecular weight excluding hydrogens is 268 g/mol. The average Bonchev–Trinajstić information content (AvgIpc) is 3.00. The van der Waals surface area contributed by atoms with Crippen molar-refractivity contribution in [2.75, 3.05) is 7.11 Å². The third-order valence-electron chi connectivity index (χ3n) is 3.83. The lowest BCUT2D eigenvalue weighted by Gasteiger charge is -2.20. The van der Waals surface area contributed by atoms with Crippen LogP contribution in [-0.2, 0) is 24.2 Å². The number of fused-ring (bicyclic) bond motifs is 1. The summed E-state index contributed by atoms with van der Waals surface area (Å²) < 4.78 is 5.07. The Morgan fingerprint density at radius 1 is 1.52 bits per heavy atom. The molecule has 0 aromatic carbocycles. The summed E-state index contributed by atoms with van der Waals surface area (Å²) in [4.78, 5) is 23.7. The van der Waals surface area contributed by atoms with Crippen molar-refractivity contribution in [3.8, 4) is 5.88 Å². The van der Waals surface area contributed by atoms with Crippen LogP contribution in [-0.4, -0.2) is 28.0 Å². The number of aromatic nitrogens is 3. The van der Waals surface area contributed by atoms with Gasteiger partial charge in [0.2, 0.25) is 11.8 Å². The van der Waals surface area contributed by atoms with Crippen molar-refractivity contribution in [1.82, 2.24) is 20.3 Å². The average molecular weight is 286 g/mol. The number of rotatable bonds is 4. The molecule has 2 N–H and O–H groups in total. The molecule has 21 heavy (non-hydrogen) atoms. The summed E-state index contributed by atoms with van der Waals surface area (Å²) in [5, 5.41) is 2.99. The van der Waals surface area contributed by atoms with E-state index >= 15 is 0 Å². The number of hydrogen-bond acceptors (Lipinski definition) is 4. The van der Waals surface area contributed by atoms with Gasteiger partial charge in [0, 0.05) is 36.8 Å². The molecule has 2 heterocycles. The highest BCUT2D eigenvalue weighted by atomic mass is 16.5. The van der Waals surface area contributed by atoms with Crippen LogP contribution in [0, 0.1) is 5.92 Å². The maximum Gasteiger partial charge on any atom is 0.223 e. The number of imidazole rings is 1. The summed E-state index contributed by atoms with van der Waals surface area (Å²) >= 11 is 0. The fourth-order valence-electron chi connectivity index (χ4n) is 2.63. The van der Waals surface area contributed by atoms with Crippen LogP contribution in [0.3, 0.4) is 0 Å².